The molecular formula is C18H30O3. The predicted molar refractivity (Wildman–Crippen MR) is 83.9 cm³/mol. The first-order valence-corrected chi connectivity index (χ1v) is 8.24. The standard InChI is InChI=1S/C18H30O3/c1-6-21-11-7-8-14(16(19)20-5)15-12-13-9-10-18(15,4)17(13,2)3/h8,13,15H,6-7,9-12H2,1-5H3/t13-,15?,18-/m1/s1. The van der Waals surface area contributed by atoms with Crippen LogP contribution in [0.5, 0.6) is 0 Å². The number of ether oxygens (including phenoxy) is 2. The lowest BCUT2D eigenvalue weighted by Crippen LogP contribution is -2.35. The number of rotatable bonds is 6. The first-order chi connectivity index (χ1) is 9.88. The lowest BCUT2D eigenvalue weighted by molar-refractivity contribution is -0.137. The van der Waals surface area contributed by atoms with Gasteiger partial charge in [0.25, 0.3) is 0 Å². The Kier molecular flexibility index (Phi) is 4.82. The van der Waals surface area contributed by atoms with E-state index in [1.54, 1.807) is 0 Å². The number of esters is 1. The number of carbonyl (C=O) groups is 1. The molecule has 0 aromatic heterocycles. The number of hydrogen-bond donors (Lipinski definition) is 0. The van der Waals surface area contributed by atoms with Gasteiger partial charge in [-0.1, -0.05) is 26.8 Å². The van der Waals surface area contributed by atoms with E-state index >= 15 is 0 Å². The molecule has 2 rings (SSSR count). The molecule has 3 heteroatoms. The molecule has 0 aromatic carbocycles. The van der Waals surface area contributed by atoms with Crippen LogP contribution in [0, 0.1) is 22.7 Å². The zero-order valence-corrected chi connectivity index (χ0v) is 14.2. The van der Waals surface area contributed by atoms with Crippen LogP contribution in [0.1, 0.15) is 53.4 Å². The van der Waals surface area contributed by atoms with Crippen LogP contribution in [0.2, 0.25) is 0 Å². The minimum atomic E-state index is -0.152. The van der Waals surface area contributed by atoms with Crippen molar-refractivity contribution in [3.8, 4) is 0 Å². The minimum absolute atomic E-state index is 0.152. The molecule has 21 heavy (non-hydrogen) atoms. The predicted octanol–water partition coefficient (Wildman–Crippen LogP) is 3.97. The maximum Gasteiger partial charge on any atom is 0.333 e. The van der Waals surface area contributed by atoms with Crippen LogP contribution in [0.25, 0.3) is 0 Å². The molecule has 0 saturated heterocycles. The van der Waals surface area contributed by atoms with Gasteiger partial charge in [0, 0.05) is 12.2 Å². The molecule has 2 aliphatic rings. The van der Waals surface area contributed by atoms with Gasteiger partial charge in [-0.2, -0.15) is 0 Å². The first-order valence-electron chi connectivity index (χ1n) is 8.24. The monoisotopic (exact) mass is 294 g/mol. The van der Waals surface area contributed by atoms with Crippen LogP contribution in [-0.2, 0) is 14.3 Å². The normalized spacial score (nSPS) is 34.2. The summed E-state index contributed by atoms with van der Waals surface area (Å²) in [4.78, 5) is 12.3. The van der Waals surface area contributed by atoms with Gasteiger partial charge < -0.3 is 9.47 Å². The van der Waals surface area contributed by atoms with Gasteiger partial charge in [0.2, 0.25) is 0 Å². The molecule has 0 radical (unpaired) electrons. The molecular weight excluding hydrogens is 264 g/mol. The molecule has 2 bridgehead atoms. The number of methoxy groups -OCH3 is 1. The smallest absolute Gasteiger partial charge is 0.333 e. The van der Waals surface area contributed by atoms with Gasteiger partial charge in [-0.15, -0.1) is 0 Å². The molecule has 0 spiro atoms. The average molecular weight is 294 g/mol. The lowest BCUT2D eigenvalue weighted by Gasteiger charge is -2.39. The molecule has 0 aliphatic heterocycles. The van der Waals surface area contributed by atoms with Gasteiger partial charge in [-0.25, -0.2) is 4.79 Å². The van der Waals surface area contributed by atoms with Crippen molar-refractivity contribution in [2.75, 3.05) is 20.3 Å². The fourth-order valence-electron chi connectivity index (χ4n) is 4.60. The largest absolute Gasteiger partial charge is 0.466 e. The van der Waals surface area contributed by atoms with Crippen molar-refractivity contribution in [3.05, 3.63) is 11.6 Å². The summed E-state index contributed by atoms with van der Waals surface area (Å²) in [6, 6.07) is 0. The average Bonchev–Trinajstić information content (AvgIpc) is 2.79. The summed E-state index contributed by atoms with van der Waals surface area (Å²) in [5.74, 6) is 0.911. The Hall–Kier alpha value is -0.830. The third-order valence-electron chi connectivity index (χ3n) is 6.42. The van der Waals surface area contributed by atoms with E-state index in [0.29, 0.717) is 17.9 Å². The maximum absolute atomic E-state index is 12.3. The van der Waals surface area contributed by atoms with E-state index in [-0.39, 0.29) is 11.4 Å². The summed E-state index contributed by atoms with van der Waals surface area (Å²) in [5, 5.41) is 0. The van der Waals surface area contributed by atoms with Crippen LogP contribution in [0.3, 0.4) is 0 Å². The summed E-state index contributed by atoms with van der Waals surface area (Å²) in [6.07, 6.45) is 6.49. The van der Waals surface area contributed by atoms with E-state index in [1.807, 2.05) is 6.92 Å². The summed E-state index contributed by atoms with van der Waals surface area (Å²) in [7, 11) is 1.49. The Balaban J connectivity index is 2.21. The lowest BCUT2D eigenvalue weighted by atomic mass is 9.64. The maximum atomic E-state index is 12.3. The number of hydrogen-bond acceptors (Lipinski definition) is 3. The molecule has 2 fully saturated rings. The molecule has 0 amide bonds. The molecule has 2 aliphatic carbocycles. The van der Waals surface area contributed by atoms with Gasteiger partial charge >= 0.3 is 5.97 Å². The van der Waals surface area contributed by atoms with Crippen LogP contribution < -0.4 is 0 Å². The summed E-state index contributed by atoms with van der Waals surface area (Å²) < 4.78 is 10.4. The zero-order valence-electron chi connectivity index (χ0n) is 14.2. The Morgan fingerprint density at radius 3 is 2.52 bits per heavy atom. The second kappa shape index (κ2) is 6.12. The fourth-order valence-corrected chi connectivity index (χ4v) is 4.60. The van der Waals surface area contributed by atoms with E-state index in [0.717, 1.165) is 30.9 Å². The van der Waals surface area contributed by atoms with Crippen molar-refractivity contribution in [1.82, 2.24) is 0 Å². The summed E-state index contributed by atoms with van der Waals surface area (Å²) in [6.45, 7) is 10.5. The number of fused-ring (bicyclic) bond motifs is 2. The SMILES string of the molecule is CCOCCC=C(C(=O)OC)C1C[C@H]2CC[C@@]1(C)C2(C)C. The summed E-state index contributed by atoms with van der Waals surface area (Å²) in [5.41, 5.74) is 1.41. The molecule has 3 nitrogen and oxygen atoms in total. The highest BCUT2D eigenvalue weighted by atomic mass is 16.5. The summed E-state index contributed by atoms with van der Waals surface area (Å²) >= 11 is 0. The Bertz CT molecular complexity index is 424. The van der Waals surface area contributed by atoms with Crippen LogP contribution >= 0.6 is 0 Å². The molecule has 0 heterocycles. The van der Waals surface area contributed by atoms with E-state index < -0.39 is 0 Å². The van der Waals surface area contributed by atoms with Crippen molar-refractivity contribution < 1.29 is 14.3 Å². The second-order valence-electron chi connectivity index (χ2n) is 7.30. The molecule has 120 valence electrons. The highest BCUT2D eigenvalue weighted by Gasteiger charge is 2.62. The molecule has 0 aromatic rings. The fraction of sp³-hybridized carbons (Fsp3) is 0.833. The second-order valence-corrected chi connectivity index (χ2v) is 7.30. The third-order valence-corrected chi connectivity index (χ3v) is 6.42. The van der Waals surface area contributed by atoms with Gasteiger partial charge in [-0.3, -0.25) is 0 Å². The Labute approximate surface area is 129 Å². The van der Waals surface area contributed by atoms with Crippen LogP contribution in [0.4, 0.5) is 0 Å². The molecule has 1 unspecified atom stereocenters. The third kappa shape index (κ3) is 2.65. The first kappa shape index (κ1) is 16.5. The van der Waals surface area contributed by atoms with Crippen molar-refractivity contribution in [2.45, 2.75) is 53.4 Å². The van der Waals surface area contributed by atoms with Crippen molar-refractivity contribution >= 4 is 5.97 Å². The zero-order chi connectivity index (χ0) is 15.7. The quantitative estimate of drug-likeness (QED) is 0.422. The Morgan fingerprint density at radius 2 is 2.05 bits per heavy atom. The highest BCUT2D eigenvalue weighted by Crippen LogP contribution is 2.69. The van der Waals surface area contributed by atoms with E-state index in [1.165, 1.54) is 20.0 Å². The van der Waals surface area contributed by atoms with Crippen LogP contribution in [-0.4, -0.2) is 26.3 Å². The topological polar surface area (TPSA) is 35.5 Å². The molecule has 3 atom stereocenters. The van der Waals surface area contributed by atoms with Crippen LogP contribution in [0.15, 0.2) is 11.6 Å². The van der Waals surface area contributed by atoms with Crippen molar-refractivity contribution in [2.24, 2.45) is 22.7 Å². The van der Waals surface area contributed by atoms with Gasteiger partial charge in [0.15, 0.2) is 0 Å². The van der Waals surface area contributed by atoms with E-state index in [9.17, 15) is 4.79 Å². The van der Waals surface area contributed by atoms with Crippen molar-refractivity contribution in [3.63, 3.8) is 0 Å². The Morgan fingerprint density at radius 1 is 1.33 bits per heavy atom. The van der Waals surface area contributed by atoms with Gasteiger partial charge in [0.1, 0.15) is 0 Å². The van der Waals surface area contributed by atoms with Gasteiger partial charge in [0.05, 0.1) is 13.7 Å². The van der Waals surface area contributed by atoms with Crippen molar-refractivity contribution in [1.29, 1.82) is 0 Å². The molecule has 2 saturated carbocycles. The minimum Gasteiger partial charge on any atom is -0.466 e. The van der Waals surface area contributed by atoms with Gasteiger partial charge in [-0.05, 0) is 55.3 Å². The number of carbonyl (C=O) groups excluding carboxylic acids is 1. The molecule has 0 N–H and O–H groups in total. The van der Waals surface area contributed by atoms with E-state index in [4.69, 9.17) is 9.47 Å². The highest BCUT2D eigenvalue weighted by molar-refractivity contribution is 5.89. The van der Waals surface area contributed by atoms with E-state index in [2.05, 4.69) is 26.8 Å².